The van der Waals surface area contributed by atoms with Gasteiger partial charge in [-0.15, -0.1) is 0 Å². The molecule has 20 heavy (non-hydrogen) atoms. The lowest BCUT2D eigenvalue weighted by Gasteiger charge is -2.10. The maximum Gasteiger partial charge on any atom is 0.335 e. The summed E-state index contributed by atoms with van der Waals surface area (Å²) in [6, 6.07) is 8.43. The van der Waals surface area contributed by atoms with E-state index in [1.165, 1.54) is 16.7 Å². The van der Waals surface area contributed by atoms with E-state index in [2.05, 4.69) is 4.74 Å². The van der Waals surface area contributed by atoms with Crippen LogP contribution in [0.5, 0.6) is 0 Å². The van der Waals surface area contributed by atoms with E-state index in [1.54, 1.807) is 18.2 Å². The number of nitriles is 1. The molecule has 0 saturated carbocycles. The first-order valence-electron chi connectivity index (χ1n) is 5.87. The van der Waals surface area contributed by atoms with Gasteiger partial charge < -0.3 is 9.84 Å². The van der Waals surface area contributed by atoms with Crippen LogP contribution in [0.3, 0.4) is 0 Å². The molecule has 2 heterocycles. The van der Waals surface area contributed by atoms with Crippen LogP contribution in [0.2, 0.25) is 0 Å². The molecule has 0 spiro atoms. The van der Waals surface area contributed by atoms with Crippen molar-refractivity contribution in [2.75, 3.05) is 7.11 Å². The average molecular weight is 272 g/mol. The van der Waals surface area contributed by atoms with Crippen LogP contribution in [-0.2, 0) is 16.0 Å². The summed E-state index contributed by atoms with van der Waals surface area (Å²) in [6.45, 7) is 0. The van der Waals surface area contributed by atoms with Crippen LogP contribution in [0.25, 0.3) is 5.52 Å². The van der Waals surface area contributed by atoms with Gasteiger partial charge in [-0.1, -0.05) is 6.07 Å². The monoisotopic (exact) mass is 272 g/mol. The molecule has 0 aliphatic heterocycles. The third-order valence-corrected chi connectivity index (χ3v) is 2.95. The number of fused-ring (bicyclic) bond motifs is 1. The van der Waals surface area contributed by atoms with E-state index in [0.717, 1.165) is 7.11 Å². The van der Waals surface area contributed by atoms with E-state index in [1.807, 2.05) is 6.07 Å². The van der Waals surface area contributed by atoms with Crippen molar-refractivity contribution in [1.29, 1.82) is 5.26 Å². The van der Waals surface area contributed by atoms with Gasteiger partial charge in [-0.2, -0.15) is 5.26 Å². The molecule has 0 aliphatic carbocycles. The molecule has 0 fully saturated rings. The molecule has 0 saturated heterocycles. The summed E-state index contributed by atoms with van der Waals surface area (Å²) in [6.07, 6.45) is -0.0918. The Bertz CT molecular complexity index is 758. The average Bonchev–Trinajstić information content (AvgIpc) is 2.49. The largest absolute Gasteiger partial charge is 0.467 e. The minimum atomic E-state index is -1.43. The third-order valence-electron chi connectivity index (χ3n) is 2.95. The minimum absolute atomic E-state index is 0.183. The highest BCUT2D eigenvalue weighted by atomic mass is 16.5. The van der Waals surface area contributed by atoms with E-state index in [9.17, 15) is 14.7 Å². The van der Waals surface area contributed by atoms with Crippen LogP contribution in [-0.4, -0.2) is 28.7 Å². The predicted molar refractivity (Wildman–Crippen MR) is 70.1 cm³/mol. The lowest BCUT2D eigenvalue weighted by atomic mass is 10.1. The third kappa shape index (κ3) is 2.39. The fourth-order valence-electron chi connectivity index (χ4n) is 1.97. The number of esters is 1. The molecule has 0 aromatic carbocycles. The Morgan fingerprint density at radius 2 is 2.30 bits per heavy atom. The second-order valence-corrected chi connectivity index (χ2v) is 4.20. The van der Waals surface area contributed by atoms with Crippen LogP contribution >= 0.6 is 0 Å². The number of hydrogen-bond acceptors (Lipinski definition) is 5. The van der Waals surface area contributed by atoms with Crippen molar-refractivity contribution in [1.82, 2.24) is 4.40 Å². The number of nitrogens with zero attached hydrogens (tertiary/aromatic N) is 2. The standard InChI is InChI=1S/C14H12N2O4/c1-20-14(19)12(17)7-9-6-10(8-15)11-4-2-3-5-16(11)13(9)18/h2-6,12,17H,7H2,1H3. The van der Waals surface area contributed by atoms with Crippen molar-refractivity contribution < 1.29 is 14.6 Å². The molecular formula is C14H12N2O4. The van der Waals surface area contributed by atoms with Crippen molar-refractivity contribution in [2.24, 2.45) is 0 Å². The van der Waals surface area contributed by atoms with Gasteiger partial charge in [0, 0.05) is 18.2 Å². The first-order chi connectivity index (χ1) is 9.58. The minimum Gasteiger partial charge on any atom is -0.467 e. The Balaban J connectivity index is 2.56. The number of aliphatic hydroxyl groups excluding tert-OH is 1. The highest BCUT2D eigenvalue weighted by Crippen LogP contribution is 2.11. The zero-order chi connectivity index (χ0) is 14.7. The van der Waals surface area contributed by atoms with Crippen molar-refractivity contribution in [3.05, 3.63) is 51.9 Å². The normalized spacial score (nSPS) is 11.8. The summed E-state index contributed by atoms with van der Waals surface area (Å²) in [5.74, 6) is -0.818. The molecule has 0 bridgehead atoms. The SMILES string of the molecule is COC(=O)C(O)Cc1cc(C#N)c2ccccn2c1=O. The molecule has 1 atom stereocenters. The molecule has 0 radical (unpaired) electrons. The molecular weight excluding hydrogens is 260 g/mol. The molecule has 1 N–H and O–H groups in total. The summed E-state index contributed by atoms with van der Waals surface area (Å²) in [5, 5.41) is 18.7. The number of pyridine rings is 2. The number of ether oxygens (including phenoxy) is 1. The van der Waals surface area contributed by atoms with Crippen molar-refractivity contribution in [2.45, 2.75) is 12.5 Å². The number of aromatic nitrogens is 1. The fourth-order valence-corrected chi connectivity index (χ4v) is 1.97. The van der Waals surface area contributed by atoms with Gasteiger partial charge in [-0.25, -0.2) is 4.79 Å². The van der Waals surface area contributed by atoms with Crippen LogP contribution in [0.4, 0.5) is 0 Å². The molecule has 2 aromatic heterocycles. The van der Waals surface area contributed by atoms with Gasteiger partial charge in [0.1, 0.15) is 6.07 Å². The number of carbonyl (C=O) groups is 1. The van der Waals surface area contributed by atoms with Crippen molar-refractivity contribution >= 4 is 11.5 Å². The molecule has 6 heteroatoms. The van der Waals surface area contributed by atoms with E-state index < -0.39 is 12.1 Å². The molecule has 0 aliphatic rings. The van der Waals surface area contributed by atoms with E-state index in [0.29, 0.717) is 11.1 Å². The van der Waals surface area contributed by atoms with Crippen LogP contribution < -0.4 is 5.56 Å². The summed E-state index contributed by atoms with van der Waals surface area (Å²) in [4.78, 5) is 23.4. The van der Waals surface area contributed by atoms with Crippen LogP contribution in [0.1, 0.15) is 11.1 Å². The molecule has 6 nitrogen and oxygen atoms in total. The van der Waals surface area contributed by atoms with Gasteiger partial charge in [-0.05, 0) is 18.2 Å². The smallest absolute Gasteiger partial charge is 0.335 e. The maximum atomic E-state index is 12.2. The van der Waals surface area contributed by atoms with Gasteiger partial charge in [0.25, 0.3) is 5.56 Å². The second-order valence-electron chi connectivity index (χ2n) is 4.20. The number of methoxy groups -OCH3 is 1. The van der Waals surface area contributed by atoms with Gasteiger partial charge in [0.15, 0.2) is 6.10 Å². The Morgan fingerprint density at radius 3 is 2.95 bits per heavy atom. The number of rotatable bonds is 3. The topological polar surface area (TPSA) is 91.8 Å². The van der Waals surface area contributed by atoms with Gasteiger partial charge in [0.2, 0.25) is 0 Å². The Morgan fingerprint density at radius 1 is 1.55 bits per heavy atom. The lowest BCUT2D eigenvalue weighted by molar-refractivity contribution is -0.150. The molecule has 2 aromatic rings. The first kappa shape index (κ1) is 13.8. The predicted octanol–water partition coefficient (Wildman–Crippen LogP) is 0.248. The Labute approximate surface area is 114 Å². The summed E-state index contributed by atoms with van der Waals surface area (Å²) >= 11 is 0. The van der Waals surface area contributed by atoms with Crippen molar-refractivity contribution in [3.63, 3.8) is 0 Å². The highest BCUT2D eigenvalue weighted by Gasteiger charge is 2.19. The highest BCUT2D eigenvalue weighted by molar-refractivity contribution is 5.74. The maximum absolute atomic E-state index is 12.2. The summed E-state index contributed by atoms with van der Waals surface area (Å²) in [5.41, 5.74) is 0.597. The number of carbonyl (C=O) groups excluding carboxylic acids is 1. The van der Waals surface area contributed by atoms with Crippen LogP contribution in [0, 0.1) is 11.3 Å². The Hall–Kier alpha value is -2.65. The quantitative estimate of drug-likeness (QED) is 0.808. The van der Waals surface area contributed by atoms with E-state index in [4.69, 9.17) is 5.26 Å². The summed E-state index contributed by atoms with van der Waals surface area (Å²) in [7, 11) is 1.15. The second kappa shape index (κ2) is 5.55. The number of hydrogen-bond donors (Lipinski definition) is 1. The molecule has 2 rings (SSSR count). The first-order valence-corrected chi connectivity index (χ1v) is 5.87. The summed E-state index contributed by atoms with van der Waals surface area (Å²) < 4.78 is 5.72. The lowest BCUT2D eigenvalue weighted by Crippen LogP contribution is -2.29. The van der Waals surface area contributed by atoms with E-state index >= 15 is 0 Å². The van der Waals surface area contributed by atoms with Gasteiger partial charge >= 0.3 is 5.97 Å². The van der Waals surface area contributed by atoms with Crippen LogP contribution in [0.15, 0.2) is 35.3 Å². The van der Waals surface area contributed by atoms with Gasteiger partial charge in [-0.3, -0.25) is 9.20 Å². The zero-order valence-electron chi connectivity index (χ0n) is 10.7. The molecule has 0 amide bonds. The molecule has 1 unspecified atom stereocenters. The fraction of sp³-hybridized carbons (Fsp3) is 0.214. The molecule has 102 valence electrons. The van der Waals surface area contributed by atoms with Gasteiger partial charge in [0.05, 0.1) is 18.2 Å². The Kier molecular flexibility index (Phi) is 3.82. The van der Waals surface area contributed by atoms with Crippen molar-refractivity contribution in [3.8, 4) is 6.07 Å². The number of aliphatic hydroxyl groups is 1. The van der Waals surface area contributed by atoms with E-state index in [-0.39, 0.29) is 17.5 Å². The zero-order valence-corrected chi connectivity index (χ0v) is 10.7.